The maximum atomic E-state index is 14.2. The number of ether oxygens (including phenoxy) is 2. The molecule has 0 heterocycles. The van der Waals surface area contributed by atoms with Gasteiger partial charge in [-0.15, -0.1) is 0 Å². The number of anilines is 4. The van der Waals surface area contributed by atoms with Gasteiger partial charge >= 0.3 is 0 Å². The van der Waals surface area contributed by atoms with E-state index in [1.165, 1.54) is 13.2 Å². The lowest BCUT2D eigenvalue weighted by molar-refractivity contribution is 0.395. The van der Waals surface area contributed by atoms with Crippen LogP contribution in [-0.4, -0.2) is 14.2 Å². The summed E-state index contributed by atoms with van der Waals surface area (Å²) >= 11 is 5.80. The second kappa shape index (κ2) is 5.97. The molecule has 2 rings (SSSR count). The average molecular weight is 312 g/mol. The minimum Gasteiger partial charge on any atom is -0.497 e. The highest BCUT2D eigenvalue weighted by Gasteiger charge is 2.16. The first-order valence-electron chi connectivity index (χ1n) is 6.00. The van der Waals surface area contributed by atoms with E-state index < -0.39 is 5.82 Å². The van der Waals surface area contributed by atoms with Gasteiger partial charge in [0.05, 0.1) is 37.0 Å². The first-order chi connectivity index (χ1) is 9.97. The van der Waals surface area contributed by atoms with Crippen LogP contribution in [0.4, 0.5) is 27.1 Å². The lowest BCUT2D eigenvalue weighted by Gasteiger charge is -2.16. The molecule has 0 saturated heterocycles. The molecule has 0 spiro atoms. The zero-order chi connectivity index (χ0) is 15.6. The van der Waals surface area contributed by atoms with Gasteiger partial charge in [0.15, 0.2) is 5.82 Å². The largest absolute Gasteiger partial charge is 0.497 e. The smallest absolute Gasteiger partial charge is 0.169 e. The summed E-state index contributed by atoms with van der Waals surface area (Å²) in [6, 6.07) is 6.44. The van der Waals surface area contributed by atoms with Crippen LogP contribution in [0.5, 0.6) is 11.5 Å². The van der Waals surface area contributed by atoms with E-state index in [1.54, 1.807) is 25.3 Å². The Morgan fingerprint density at radius 3 is 2.43 bits per heavy atom. The van der Waals surface area contributed by atoms with Crippen molar-refractivity contribution < 1.29 is 13.9 Å². The molecule has 0 aliphatic carbocycles. The number of methoxy groups -OCH3 is 2. The predicted molar refractivity (Wildman–Crippen MR) is 83.1 cm³/mol. The second-order valence-electron chi connectivity index (χ2n) is 4.25. The molecule has 7 heteroatoms. The summed E-state index contributed by atoms with van der Waals surface area (Å²) in [5.74, 6) is 0.370. The number of rotatable bonds is 4. The van der Waals surface area contributed by atoms with Crippen LogP contribution in [0, 0.1) is 5.82 Å². The van der Waals surface area contributed by atoms with Gasteiger partial charge in [-0.2, -0.15) is 0 Å². The topological polar surface area (TPSA) is 82.5 Å². The Morgan fingerprint density at radius 2 is 1.81 bits per heavy atom. The zero-order valence-corrected chi connectivity index (χ0v) is 12.3. The molecule has 21 heavy (non-hydrogen) atoms. The fourth-order valence-electron chi connectivity index (χ4n) is 1.83. The van der Waals surface area contributed by atoms with Gasteiger partial charge < -0.3 is 26.3 Å². The molecule has 0 radical (unpaired) electrons. The van der Waals surface area contributed by atoms with E-state index >= 15 is 0 Å². The summed E-state index contributed by atoms with van der Waals surface area (Å²) in [4.78, 5) is 0. The van der Waals surface area contributed by atoms with Gasteiger partial charge in [-0.1, -0.05) is 11.6 Å². The molecule has 2 aromatic rings. The number of nitrogens with two attached hydrogens (primary N) is 2. The lowest BCUT2D eigenvalue weighted by atomic mass is 10.2. The van der Waals surface area contributed by atoms with Gasteiger partial charge in [-0.3, -0.25) is 0 Å². The predicted octanol–water partition coefficient (Wildman–Crippen LogP) is 3.40. The molecule has 0 saturated carbocycles. The first kappa shape index (κ1) is 15.1. The van der Waals surface area contributed by atoms with Crippen LogP contribution in [0.3, 0.4) is 0 Å². The molecule has 112 valence electrons. The molecule has 0 atom stereocenters. The minimum absolute atomic E-state index is 0.0395. The lowest BCUT2D eigenvalue weighted by Crippen LogP contribution is -2.03. The van der Waals surface area contributed by atoms with E-state index in [4.69, 9.17) is 32.5 Å². The number of nitrogens with one attached hydrogen (secondary N) is 1. The van der Waals surface area contributed by atoms with Gasteiger partial charge in [0.25, 0.3) is 0 Å². The summed E-state index contributed by atoms with van der Waals surface area (Å²) in [6.07, 6.45) is 0. The standard InChI is InChI=1S/C14H15ClFN3O2/c1-20-7-3-4-10(11(5-7)21-2)19-14-9(18)6-8(17)12(15)13(14)16/h3-6,19H,17-18H2,1-2H3. The number of benzene rings is 2. The van der Waals surface area contributed by atoms with Crippen molar-refractivity contribution in [2.24, 2.45) is 0 Å². The first-order valence-corrected chi connectivity index (χ1v) is 6.37. The SMILES string of the molecule is COc1ccc(Nc2c(N)cc(N)c(Cl)c2F)c(OC)c1. The Hall–Kier alpha value is -2.34. The van der Waals surface area contributed by atoms with Crippen LogP contribution in [0.1, 0.15) is 0 Å². The summed E-state index contributed by atoms with van der Waals surface area (Å²) in [5.41, 5.74) is 12.1. The van der Waals surface area contributed by atoms with Crippen LogP contribution in [0.15, 0.2) is 24.3 Å². The Bertz CT molecular complexity index is 680. The third-order valence-electron chi connectivity index (χ3n) is 2.93. The second-order valence-corrected chi connectivity index (χ2v) is 4.63. The third-order valence-corrected chi connectivity index (χ3v) is 3.32. The van der Waals surface area contributed by atoms with Crippen LogP contribution < -0.4 is 26.3 Å². The van der Waals surface area contributed by atoms with Crippen LogP contribution >= 0.6 is 11.6 Å². The van der Waals surface area contributed by atoms with Crippen molar-refractivity contribution in [1.29, 1.82) is 0 Å². The van der Waals surface area contributed by atoms with Crippen molar-refractivity contribution in [2.45, 2.75) is 0 Å². The fraction of sp³-hybridized carbons (Fsp3) is 0.143. The molecule has 0 aromatic heterocycles. The van der Waals surface area contributed by atoms with Gasteiger partial charge in [0.1, 0.15) is 16.5 Å². The van der Waals surface area contributed by atoms with E-state index in [0.717, 1.165) is 0 Å². The average Bonchev–Trinajstić information content (AvgIpc) is 2.49. The van der Waals surface area contributed by atoms with Crippen LogP contribution in [0.2, 0.25) is 5.02 Å². The maximum Gasteiger partial charge on any atom is 0.169 e. The molecule has 5 N–H and O–H groups in total. The van der Waals surface area contributed by atoms with Crippen molar-refractivity contribution in [2.75, 3.05) is 31.0 Å². The Morgan fingerprint density at radius 1 is 1.10 bits per heavy atom. The number of halogens is 2. The minimum atomic E-state index is -0.716. The Balaban J connectivity index is 2.46. The monoisotopic (exact) mass is 311 g/mol. The highest BCUT2D eigenvalue weighted by molar-refractivity contribution is 6.33. The molecular formula is C14H15ClFN3O2. The van der Waals surface area contributed by atoms with Crippen molar-refractivity contribution in [3.05, 3.63) is 35.1 Å². The van der Waals surface area contributed by atoms with Gasteiger partial charge in [-0.05, 0) is 18.2 Å². The molecule has 0 fully saturated rings. The molecule has 0 bridgehead atoms. The molecule has 5 nitrogen and oxygen atoms in total. The van der Waals surface area contributed by atoms with E-state index in [-0.39, 0.29) is 22.1 Å². The van der Waals surface area contributed by atoms with Crippen LogP contribution in [0.25, 0.3) is 0 Å². The molecular weight excluding hydrogens is 297 g/mol. The fourth-order valence-corrected chi connectivity index (χ4v) is 1.98. The molecule has 0 aliphatic rings. The quantitative estimate of drug-likeness (QED) is 0.754. The highest BCUT2D eigenvalue weighted by atomic mass is 35.5. The van der Waals surface area contributed by atoms with Gasteiger partial charge in [0, 0.05) is 6.07 Å². The summed E-state index contributed by atoms with van der Waals surface area (Å²) < 4.78 is 24.5. The molecule has 0 amide bonds. The number of hydrogen-bond acceptors (Lipinski definition) is 5. The van der Waals surface area contributed by atoms with Gasteiger partial charge in [-0.25, -0.2) is 4.39 Å². The summed E-state index contributed by atoms with van der Waals surface area (Å²) in [6.45, 7) is 0. The van der Waals surface area contributed by atoms with Crippen molar-refractivity contribution in [1.82, 2.24) is 0 Å². The van der Waals surface area contributed by atoms with E-state index in [0.29, 0.717) is 17.2 Å². The van der Waals surface area contributed by atoms with Crippen molar-refractivity contribution in [3.8, 4) is 11.5 Å². The Labute approximate surface area is 126 Å². The number of nitrogen functional groups attached to an aromatic ring is 2. The Kier molecular flexibility index (Phi) is 4.28. The molecule has 2 aromatic carbocycles. The normalized spacial score (nSPS) is 10.3. The summed E-state index contributed by atoms with van der Waals surface area (Å²) in [7, 11) is 3.04. The highest BCUT2D eigenvalue weighted by Crippen LogP contribution is 2.38. The van der Waals surface area contributed by atoms with Crippen molar-refractivity contribution >= 4 is 34.4 Å². The summed E-state index contributed by atoms with van der Waals surface area (Å²) in [5, 5.41) is 2.68. The van der Waals surface area contributed by atoms with E-state index in [9.17, 15) is 4.39 Å². The maximum absolute atomic E-state index is 14.2. The van der Waals surface area contributed by atoms with E-state index in [1.807, 2.05) is 0 Å². The zero-order valence-electron chi connectivity index (χ0n) is 11.5. The van der Waals surface area contributed by atoms with Crippen LogP contribution in [-0.2, 0) is 0 Å². The molecule has 0 unspecified atom stereocenters. The number of hydrogen-bond donors (Lipinski definition) is 3. The third kappa shape index (κ3) is 2.90. The van der Waals surface area contributed by atoms with E-state index in [2.05, 4.69) is 5.32 Å². The van der Waals surface area contributed by atoms with Gasteiger partial charge in [0.2, 0.25) is 0 Å². The van der Waals surface area contributed by atoms with Crippen molar-refractivity contribution in [3.63, 3.8) is 0 Å². The molecule has 0 aliphatic heterocycles.